The van der Waals surface area contributed by atoms with Crippen molar-refractivity contribution in [2.24, 2.45) is 0 Å². The molecule has 0 aromatic carbocycles. The molecule has 0 aliphatic carbocycles. The zero-order valence-electron chi connectivity index (χ0n) is 26.9. The van der Waals surface area contributed by atoms with E-state index in [2.05, 4.69) is 30.5 Å². The number of phosphoric ester groups is 1. The summed E-state index contributed by atoms with van der Waals surface area (Å²) in [5.74, 6) is -0.910. The average molecular weight is 619 g/mol. The molecule has 0 bridgehead atoms. The van der Waals surface area contributed by atoms with Crippen molar-refractivity contribution in [2.75, 3.05) is 13.2 Å². The van der Waals surface area contributed by atoms with Gasteiger partial charge in [0.05, 0.1) is 6.61 Å². The van der Waals surface area contributed by atoms with Crippen LogP contribution < -0.4 is 0 Å². The minimum Gasteiger partial charge on any atom is -0.462 e. The minimum absolute atomic E-state index is 0.211. The number of esters is 2. The second-order valence-corrected chi connectivity index (χ2v) is 12.7. The Morgan fingerprint density at radius 3 is 1.50 bits per heavy atom. The van der Waals surface area contributed by atoms with Gasteiger partial charge in [0.1, 0.15) is 6.61 Å². The fraction of sp³-hybridized carbons (Fsp3) is 0.879. The highest BCUT2D eigenvalue weighted by atomic mass is 31.2. The SMILES string of the molecule is CCCCCCCCCCC/C=C/CCCCC(=O)OC[C@H](COP(=O)(O)O)OC(=O)CCCCCCCCCCC. The van der Waals surface area contributed by atoms with Gasteiger partial charge in [0.15, 0.2) is 6.10 Å². The second-order valence-electron chi connectivity index (χ2n) is 11.5. The van der Waals surface area contributed by atoms with E-state index >= 15 is 0 Å². The number of hydrogen-bond acceptors (Lipinski definition) is 6. The van der Waals surface area contributed by atoms with Gasteiger partial charge in [0, 0.05) is 12.8 Å². The molecule has 0 saturated carbocycles. The predicted octanol–water partition coefficient (Wildman–Crippen LogP) is 9.51. The Balaban J connectivity index is 4.00. The summed E-state index contributed by atoms with van der Waals surface area (Å²) in [6.07, 6.45) is 29.5. The van der Waals surface area contributed by atoms with Crippen molar-refractivity contribution in [2.45, 2.75) is 174 Å². The van der Waals surface area contributed by atoms with Crippen LogP contribution in [-0.4, -0.2) is 41.0 Å². The first-order chi connectivity index (χ1) is 20.3. The largest absolute Gasteiger partial charge is 0.469 e. The Labute approximate surface area is 257 Å². The molecule has 0 heterocycles. The second kappa shape index (κ2) is 29.8. The fourth-order valence-electron chi connectivity index (χ4n) is 4.72. The van der Waals surface area contributed by atoms with E-state index in [9.17, 15) is 14.2 Å². The Hall–Kier alpha value is -1.21. The Kier molecular flexibility index (Phi) is 29.0. The minimum atomic E-state index is -4.74. The van der Waals surface area contributed by atoms with Crippen LogP contribution in [0.1, 0.15) is 168 Å². The fourth-order valence-corrected chi connectivity index (χ4v) is 5.08. The molecule has 0 aliphatic heterocycles. The highest BCUT2D eigenvalue weighted by molar-refractivity contribution is 7.46. The van der Waals surface area contributed by atoms with Crippen molar-refractivity contribution in [3.63, 3.8) is 0 Å². The topological polar surface area (TPSA) is 119 Å². The van der Waals surface area contributed by atoms with Crippen LogP contribution in [0.2, 0.25) is 0 Å². The highest BCUT2D eigenvalue weighted by Crippen LogP contribution is 2.35. The van der Waals surface area contributed by atoms with Crippen molar-refractivity contribution in [1.29, 1.82) is 0 Å². The summed E-state index contributed by atoms with van der Waals surface area (Å²) in [7, 11) is -4.74. The van der Waals surface area contributed by atoms with Gasteiger partial charge in [-0.05, 0) is 38.5 Å². The van der Waals surface area contributed by atoms with Crippen molar-refractivity contribution in [3.8, 4) is 0 Å². The summed E-state index contributed by atoms with van der Waals surface area (Å²) in [5.41, 5.74) is 0. The number of carbonyl (C=O) groups excluding carboxylic acids is 2. The van der Waals surface area contributed by atoms with Crippen molar-refractivity contribution in [1.82, 2.24) is 0 Å². The van der Waals surface area contributed by atoms with Crippen LogP contribution in [0, 0.1) is 0 Å². The van der Waals surface area contributed by atoms with Crippen LogP contribution in [-0.2, 0) is 28.2 Å². The molecule has 0 fully saturated rings. The van der Waals surface area contributed by atoms with Gasteiger partial charge in [-0.15, -0.1) is 0 Å². The molecule has 9 heteroatoms. The van der Waals surface area contributed by atoms with Crippen LogP contribution in [0.4, 0.5) is 0 Å². The van der Waals surface area contributed by atoms with E-state index in [0.717, 1.165) is 38.5 Å². The van der Waals surface area contributed by atoms with Gasteiger partial charge in [0.2, 0.25) is 0 Å². The molecular weight excluding hydrogens is 555 g/mol. The Morgan fingerprint density at radius 2 is 1.00 bits per heavy atom. The molecule has 42 heavy (non-hydrogen) atoms. The molecule has 8 nitrogen and oxygen atoms in total. The molecule has 0 radical (unpaired) electrons. The maximum absolute atomic E-state index is 12.2. The first-order valence-corrected chi connectivity index (χ1v) is 18.5. The number of hydrogen-bond donors (Lipinski definition) is 2. The van der Waals surface area contributed by atoms with Crippen LogP contribution in [0.15, 0.2) is 12.2 Å². The average Bonchev–Trinajstić information content (AvgIpc) is 2.95. The monoisotopic (exact) mass is 618 g/mol. The normalized spacial score (nSPS) is 12.6. The first kappa shape index (κ1) is 40.8. The van der Waals surface area contributed by atoms with Gasteiger partial charge < -0.3 is 19.3 Å². The smallest absolute Gasteiger partial charge is 0.462 e. The maximum Gasteiger partial charge on any atom is 0.469 e. The van der Waals surface area contributed by atoms with Crippen molar-refractivity contribution >= 4 is 19.8 Å². The Morgan fingerprint density at radius 1 is 0.595 bits per heavy atom. The van der Waals surface area contributed by atoms with Gasteiger partial charge in [-0.3, -0.25) is 14.1 Å². The van der Waals surface area contributed by atoms with Crippen LogP contribution in [0.25, 0.3) is 0 Å². The molecule has 0 unspecified atom stereocenters. The number of carbonyl (C=O) groups is 2. The van der Waals surface area contributed by atoms with E-state index in [1.165, 1.54) is 89.9 Å². The number of allylic oxidation sites excluding steroid dienone is 2. The standard InChI is InChI=1S/C33H63O8P/c1-3-5-7-9-11-13-14-15-16-17-18-20-21-23-25-27-32(34)39-29-31(30-40-42(36,37)38)41-33(35)28-26-24-22-19-12-10-8-6-4-2/h18,20,31H,3-17,19,21-30H2,1-2H3,(H2,36,37,38)/b20-18+/t31-/m1/s1. The molecule has 2 N–H and O–H groups in total. The third-order valence-electron chi connectivity index (χ3n) is 7.28. The lowest BCUT2D eigenvalue weighted by molar-refractivity contribution is -0.161. The zero-order valence-corrected chi connectivity index (χ0v) is 27.8. The van der Waals surface area contributed by atoms with E-state index < -0.39 is 32.5 Å². The first-order valence-electron chi connectivity index (χ1n) is 17.0. The summed E-state index contributed by atoms with van der Waals surface area (Å²) in [6.45, 7) is 3.62. The van der Waals surface area contributed by atoms with Crippen LogP contribution in [0.3, 0.4) is 0 Å². The number of unbranched alkanes of at least 4 members (excludes halogenated alkanes) is 19. The van der Waals surface area contributed by atoms with Gasteiger partial charge in [0.25, 0.3) is 0 Å². The lowest BCUT2D eigenvalue weighted by atomic mass is 10.1. The molecule has 0 spiro atoms. The molecular formula is C33H63O8P. The van der Waals surface area contributed by atoms with Gasteiger partial charge in [-0.1, -0.05) is 129 Å². The molecule has 248 valence electrons. The molecule has 0 aromatic rings. The van der Waals surface area contributed by atoms with E-state index in [1.807, 2.05) is 0 Å². The number of ether oxygens (including phenoxy) is 2. The predicted molar refractivity (Wildman–Crippen MR) is 170 cm³/mol. The molecule has 0 aliphatic rings. The maximum atomic E-state index is 12.2. The number of phosphoric acid groups is 1. The summed E-state index contributed by atoms with van der Waals surface area (Å²) in [6, 6.07) is 0. The van der Waals surface area contributed by atoms with Crippen molar-refractivity contribution in [3.05, 3.63) is 12.2 Å². The molecule has 0 saturated heterocycles. The Bertz CT molecular complexity index is 706. The lowest BCUT2D eigenvalue weighted by Gasteiger charge is -2.18. The molecule has 1 atom stereocenters. The zero-order chi connectivity index (χ0) is 31.2. The van der Waals surface area contributed by atoms with Gasteiger partial charge >= 0.3 is 19.8 Å². The number of rotatable bonds is 31. The van der Waals surface area contributed by atoms with E-state index in [-0.39, 0.29) is 19.4 Å². The summed E-state index contributed by atoms with van der Waals surface area (Å²) in [5, 5.41) is 0. The molecule has 0 rings (SSSR count). The summed E-state index contributed by atoms with van der Waals surface area (Å²) >= 11 is 0. The molecule has 0 aromatic heterocycles. The highest BCUT2D eigenvalue weighted by Gasteiger charge is 2.22. The lowest BCUT2D eigenvalue weighted by Crippen LogP contribution is -2.29. The van der Waals surface area contributed by atoms with Gasteiger partial charge in [-0.25, -0.2) is 4.57 Å². The van der Waals surface area contributed by atoms with Crippen LogP contribution in [0.5, 0.6) is 0 Å². The molecule has 0 amide bonds. The van der Waals surface area contributed by atoms with E-state index in [0.29, 0.717) is 12.8 Å². The van der Waals surface area contributed by atoms with Crippen molar-refractivity contribution < 1.29 is 37.9 Å². The van der Waals surface area contributed by atoms with E-state index in [4.69, 9.17) is 19.3 Å². The third kappa shape index (κ3) is 31.7. The quantitative estimate of drug-likeness (QED) is 0.0341. The summed E-state index contributed by atoms with van der Waals surface area (Å²) < 4.78 is 26.1. The van der Waals surface area contributed by atoms with Crippen LogP contribution >= 0.6 is 7.82 Å². The summed E-state index contributed by atoms with van der Waals surface area (Å²) in [4.78, 5) is 42.4. The third-order valence-corrected chi connectivity index (χ3v) is 7.77. The van der Waals surface area contributed by atoms with E-state index in [1.54, 1.807) is 0 Å². The van der Waals surface area contributed by atoms with Gasteiger partial charge in [-0.2, -0.15) is 0 Å².